The van der Waals surface area contributed by atoms with E-state index < -0.39 is 0 Å². The minimum absolute atomic E-state index is 1.01. The highest BCUT2D eigenvalue weighted by atomic mass is 13.6. The normalized spacial score (nSPS) is 16.0. The molecule has 0 aromatic rings. The molecule has 0 amide bonds. The van der Waals surface area contributed by atoms with E-state index in [1.165, 1.54) is 0 Å². The molecule has 0 N–H and O–H groups in total. The van der Waals surface area contributed by atoms with Crippen molar-refractivity contribution in [2.45, 2.75) is 0 Å². The van der Waals surface area contributed by atoms with Gasteiger partial charge >= 0.3 is 0 Å². The highest BCUT2D eigenvalue weighted by Crippen LogP contribution is 1.81. The molecule has 0 aromatic heterocycles. The SMILES string of the molecule is B1[C]=CC=C1. The van der Waals surface area contributed by atoms with Gasteiger partial charge in [-0.1, -0.05) is 18.1 Å². The van der Waals surface area contributed by atoms with E-state index in [4.69, 9.17) is 0 Å². The Kier molecular flexibility index (Phi) is 0.615. The molecule has 1 aliphatic rings. The van der Waals surface area contributed by atoms with Gasteiger partial charge in [0.15, 0.2) is 7.28 Å². The molecule has 0 saturated carbocycles. The minimum atomic E-state index is 1.01. The molecule has 0 atom stereocenters. The van der Waals surface area contributed by atoms with Gasteiger partial charge < -0.3 is 0 Å². The van der Waals surface area contributed by atoms with Crippen molar-refractivity contribution in [2.24, 2.45) is 0 Å². The van der Waals surface area contributed by atoms with Gasteiger partial charge in [0.2, 0.25) is 0 Å². The van der Waals surface area contributed by atoms with Crippen LogP contribution in [0.4, 0.5) is 0 Å². The average Bonchev–Trinajstić information content (AvgIpc) is 1.76. The Balaban J connectivity index is 2.61. The Morgan fingerprint density at radius 2 is 2.60 bits per heavy atom. The van der Waals surface area contributed by atoms with Gasteiger partial charge in [0.1, 0.15) is 0 Å². The van der Waals surface area contributed by atoms with Crippen molar-refractivity contribution in [1.29, 1.82) is 0 Å². The molecule has 0 saturated heterocycles. The molecule has 1 aliphatic heterocycles. The Morgan fingerprint density at radius 3 is 2.80 bits per heavy atom. The lowest BCUT2D eigenvalue weighted by Gasteiger charge is -1.50. The molecule has 0 unspecified atom stereocenters. The fraction of sp³-hybridized carbons (Fsp3) is 0. The lowest BCUT2D eigenvalue weighted by Crippen LogP contribution is -1.64. The summed E-state index contributed by atoms with van der Waals surface area (Å²) in [6, 6.07) is 0. The van der Waals surface area contributed by atoms with E-state index in [9.17, 15) is 0 Å². The molecule has 0 nitrogen and oxygen atoms in total. The van der Waals surface area contributed by atoms with E-state index in [-0.39, 0.29) is 0 Å². The summed E-state index contributed by atoms with van der Waals surface area (Å²) < 4.78 is 0. The maximum Gasteiger partial charge on any atom is 0.182 e. The molecule has 1 heterocycles. The number of hydrogen-bond donors (Lipinski definition) is 0. The van der Waals surface area contributed by atoms with Crippen LogP contribution < -0.4 is 0 Å². The fourth-order valence-electron chi connectivity index (χ4n) is 0.340. The quantitative estimate of drug-likeness (QED) is 0.354. The van der Waals surface area contributed by atoms with Gasteiger partial charge in [-0.15, -0.1) is 5.98 Å². The molecule has 0 aliphatic carbocycles. The highest BCUT2D eigenvalue weighted by molar-refractivity contribution is 6.46. The Labute approximate surface area is 32.4 Å². The lowest BCUT2D eigenvalue weighted by molar-refractivity contribution is 2.11. The molecule has 0 aromatic carbocycles. The Morgan fingerprint density at radius 1 is 1.60 bits per heavy atom. The van der Waals surface area contributed by atoms with Gasteiger partial charge in [0.05, 0.1) is 0 Å². The van der Waals surface area contributed by atoms with Crippen molar-refractivity contribution < 1.29 is 0 Å². The molecule has 1 radical (unpaired) electrons. The van der Waals surface area contributed by atoms with Crippen LogP contribution in [0.2, 0.25) is 0 Å². The number of allylic oxidation sites excluding steroid dienone is 2. The molecular weight excluding hydrogens is 58.9 g/mol. The monoisotopic (exact) mass is 63.0 g/mol. The predicted octanol–water partition coefficient (Wildman–Crippen LogP) is 0.267. The van der Waals surface area contributed by atoms with Crippen molar-refractivity contribution in [1.82, 2.24) is 0 Å². The van der Waals surface area contributed by atoms with E-state index in [0.717, 1.165) is 7.28 Å². The van der Waals surface area contributed by atoms with Crippen LogP contribution in [0.3, 0.4) is 0 Å². The summed E-state index contributed by atoms with van der Waals surface area (Å²) in [6.45, 7) is 0. The van der Waals surface area contributed by atoms with Crippen molar-refractivity contribution in [3.8, 4) is 0 Å². The number of hydrogen-bond acceptors (Lipinski definition) is 0. The van der Waals surface area contributed by atoms with Crippen LogP contribution in [0.1, 0.15) is 0 Å². The summed E-state index contributed by atoms with van der Waals surface area (Å²) >= 11 is 0. The first kappa shape index (κ1) is 2.76. The number of rotatable bonds is 0. The smallest absolute Gasteiger partial charge is 0.114 e. The third-order valence-corrected chi connectivity index (χ3v) is 0.586. The summed E-state index contributed by atoms with van der Waals surface area (Å²) in [5, 5.41) is 0. The second-order valence-corrected chi connectivity index (χ2v) is 1.00. The first-order valence-electron chi connectivity index (χ1n) is 1.72. The molecule has 0 bridgehead atoms. The van der Waals surface area contributed by atoms with E-state index in [1.807, 2.05) is 12.2 Å². The molecule has 1 heteroatoms. The lowest BCUT2D eigenvalue weighted by atomic mass is 9.83. The second-order valence-electron chi connectivity index (χ2n) is 1.00. The minimum Gasteiger partial charge on any atom is -0.114 e. The van der Waals surface area contributed by atoms with E-state index in [1.54, 1.807) is 0 Å². The van der Waals surface area contributed by atoms with Crippen molar-refractivity contribution in [3.05, 3.63) is 24.1 Å². The van der Waals surface area contributed by atoms with Crippen molar-refractivity contribution >= 4 is 7.28 Å². The van der Waals surface area contributed by atoms with Crippen molar-refractivity contribution in [2.75, 3.05) is 0 Å². The largest absolute Gasteiger partial charge is 0.182 e. The van der Waals surface area contributed by atoms with Crippen LogP contribution in [0.25, 0.3) is 0 Å². The zero-order chi connectivity index (χ0) is 3.54. The topological polar surface area (TPSA) is 0 Å². The maximum absolute atomic E-state index is 2.99. The highest BCUT2D eigenvalue weighted by Gasteiger charge is 1.77. The summed E-state index contributed by atoms with van der Waals surface area (Å²) in [5.74, 6) is 5.06. The molecular formula is C4H4B. The first-order chi connectivity index (χ1) is 2.50. The van der Waals surface area contributed by atoms with Crippen LogP contribution in [-0.4, -0.2) is 7.28 Å². The third kappa shape index (κ3) is 0.410. The summed E-state index contributed by atoms with van der Waals surface area (Å²) in [7, 11) is 1.01. The third-order valence-electron chi connectivity index (χ3n) is 0.586. The van der Waals surface area contributed by atoms with Gasteiger partial charge in [0, 0.05) is 0 Å². The molecule has 23 valence electrons. The van der Waals surface area contributed by atoms with Crippen LogP contribution >= 0.6 is 0 Å². The Bertz CT molecular complexity index is 61.7. The maximum atomic E-state index is 2.99. The summed E-state index contributed by atoms with van der Waals surface area (Å²) in [5.41, 5.74) is 0. The molecule has 5 heavy (non-hydrogen) atoms. The molecule has 1 rings (SSSR count). The standard InChI is InChI=1S/C4H4B/c1-2-4-5-3-1/h1-3,5H. The van der Waals surface area contributed by atoms with Gasteiger partial charge in [-0.2, -0.15) is 0 Å². The second kappa shape index (κ2) is 1.11. The summed E-state index contributed by atoms with van der Waals surface area (Å²) in [6.07, 6.45) is 3.93. The van der Waals surface area contributed by atoms with Crippen LogP contribution in [0, 0.1) is 5.98 Å². The van der Waals surface area contributed by atoms with Gasteiger partial charge in [-0.25, -0.2) is 0 Å². The summed E-state index contributed by atoms with van der Waals surface area (Å²) in [4.78, 5) is 0. The zero-order valence-corrected chi connectivity index (χ0v) is 2.94. The van der Waals surface area contributed by atoms with Gasteiger partial charge in [-0.3, -0.25) is 0 Å². The van der Waals surface area contributed by atoms with E-state index >= 15 is 0 Å². The molecule has 0 fully saturated rings. The van der Waals surface area contributed by atoms with Gasteiger partial charge in [-0.05, 0) is 0 Å². The van der Waals surface area contributed by atoms with Crippen LogP contribution in [-0.2, 0) is 0 Å². The van der Waals surface area contributed by atoms with Crippen molar-refractivity contribution in [3.63, 3.8) is 0 Å². The van der Waals surface area contributed by atoms with E-state index in [2.05, 4.69) is 12.0 Å². The first-order valence-corrected chi connectivity index (χ1v) is 1.72. The zero-order valence-electron chi connectivity index (χ0n) is 2.94. The van der Waals surface area contributed by atoms with Crippen LogP contribution in [0.5, 0.6) is 0 Å². The predicted molar refractivity (Wildman–Crippen MR) is 24.1 cm³/mol. The van der Waals surface area contributed by atoms with Crippen LogP contribution in [0.15, 0.2) is 18.1 Å². The fourth-order valence-corrected chi connectivity index (χ4v) is 0.340. The van der Waals surface area contributed by atoms with Gasteiger partial charge in [0.25, 0.3) is 0 Å². The average molecular weight is 62.9 g/mol. The molecule has 0 spiro atoms. The van der Waals surface area contributed by atoms with E-state index in [0.29, 0.717) is 0 Å². The Hall–Kier alpha value is -0.455.